The van der Waals surface area contributed by atoms with Crippen molar-refractivity contribution in [1.29, 1.82) is 0 Å². The summed E-state index contributed by atoms with van der Waals surface area (Å²) in [6.45, 7) is 4.67. The highest BCUT2D eigenvalue weighted by Gasteiger charge is 2.58. The number of rotatable bonds is 1. The zero-order valence-electron chi connectivity index (χ0n) is 7.26. The molecule has 0 radical (unpaired) electrons. The summed E-state index contributed by atoms with van der Waals surface area (Å²) in [6, 6.07) is 4.58. The maximum absolute atomic E-state index is 3.48. The lowest BCUT2D eigenvalue weighted by molar-refractivity contribution is 0.685. The lowest BCUT2D eigenvalue weighted by Crippen LogP contribution is -2.18. The van der Waals surface area contributed by atoms with Gasteiger partial charge < -0.3 is 5.32 Å². The molecule has 64 valence electrons. The highest BCUT2D eigenvalue weighted by atomic mass is 32.1. The fraction of sp³-hybridized carbons (Fsp3) is 0.600. The molecule has 0 amide bonds. The number of fused-ring (bicyclic) bond motifs is 1. The van der Waals surface area contributed by atoms with Gasteiger partial charge in [0, 0.05) is 21.7 Å². The third-order valence-corrected chi connectivity index (χ3v) is 4.51. The van der Waals surface area contributed by atoms with Gasteiger partial charge >= 0.3 is 0 Å². The Morgan fingerprint density at radius 2 is 2.50 bits per heavy atom. The molecule has 2 unspecified atom stereocenters. The molecule has 0 aromatic carbocycles. The average Bonchev–Trinajstić information content (AvgIpc) is 2.50. The second kappa shape index (κ2) is 2.12. The lowest BCUT2D eigenvalue weighted by Gasteiger charge is -2.07. The standard InChI is InChI=1S/C10H13NS/c1-7-2-3-9(12-7)10-4-8(10)5-11-6-10/h2-3,8,11H,4-6H2,1H3. The van der Waals surface area contributed by atoms with Crippen molar-refractivity contribution >= 4 is 11.3 Å². The van der Waals surface area contributed by atoms with Crippen LogP contribution in [0.1, 0.15) is 16.2 Å². The van der Waals surface area contributed by atoms with E-state index in [1.54, 1.807) is 4.88 Å². The van der Waals surface area contributed by atoms with E-state index in [2.05, 4.69) is 24.4 Å². The topological polar surface area (TPSA) is 12.0 Å². The number of hydrogen-bond acceptors (Lipinski definition) is 2. The van der Waals surface area contributed by atoms with Gasteiger partial charge in [-0.2, -0.15) is 0 Å². The van der Waals surface area contributed by atoms with Crippen LogP contribution in [-0.4, -0.2) is 13.1 Å². The van der Waals surface area contributed by atoms with Crippen LogP contribution in [0.15, 0.2) is 12.1 Å². The fourth-order valence-electron chi connectivity index (χ4n) is 2.43. The van der Waals surface area contributed by atoms with Crippen molar-refractivity contribution in [1.82, 2.24) is 5.32 Å². The molecule has 2 fully saturated rings. The molecule has 2 atom stereocenters. The molecule has 1 saturated heterocycles. The largest absolute Gasteiger partial charge is 0.315 e. The van der Waals surface area contributed by atoms with E-state index in [4.69, 9.17) is 0 Å². The lowest BCUT2D eigenvalue weighted by atomic mass is 10.0. The van der Waals surface area contributed by atoms with Gasteiger partial charge in [0.1, 0.15) is 0 Å². The van der Waals surface area contributed by atoms with Crippen LogP contribution in [0.5, 0.6) is 0 Å². The monoisotopic (exact) mass is 179 g/mol. The molecule has 1 N–H and O–H groups in total. The summed E-state index contributed by atoms with van der Waals surface area (Å²) in [4.78, 5) is 3.08. The van der Waals surface area contributed by atoms with Gasteiger partial charge in [-0.25, -0.2) is 0 Å². The Hall–Kier alpha value is -0.340. The summed E-state index contributed by atoms with van der Waals surface area (Å²) in [6.07, 6.45) is 1.43. The minimum atomic E-state index is 0.582. The van der Waals surface area contributed by atoms with Crippen LogP contribution >= 0.6 is 11.3 Å². The summed E-state index contributed by atoms with van der Waals surface area (Å²) in [5.41, 5.74) is 0.582. The minimum absolute atomic E-state index is 0.582. The van der Waals surface area contributed by atoms with Crippen LogP contribution in [0.4, 0.5) is 0 Å². The summed E-state index contributed by atoms with van der Waals surface area (Å²) >= 11 is 1.99. The summed E-state index contributed by atoms with van der Waals surface area (Å²) in [7, 11) is 0. The third-order valence-electron chi connectivity index (χ3n) is 3.29. The predicted octanol–water partition coefficient (Wildman–Crippen LogP) is 1.92. The van der Waals surface area contributed by atoms with E-state index in [1.165, 1.54) is 24.4 Å². The smallest absolute Gasteiger partial charge is 0.0216 e. The number of piperidine rings is 1. The van der Waals surface area contributed by atoms with E-state index in [-0.39, 0.29) is 0 Å². The van der Waals surface area contributed by atoms with E-state index in [0.717, 1.165) is 5.92 Å². The van der Waals surface area contributed by atoms with Crippen molar-refractivity contribution in [2.75, 3.05) is 13.1 Å². The van der Waals surface area contributed by atoms with E-state index in [1.807, 2.05) is 11.3 Å². The van der Waals surface area contributed by atoms with Crippen molar-refractivity contribution < 1.29 is 0 Å². The second-order valence-electron chi connectivity index (χ2n) is 4.10. The zero-order chi connectivity index (χ0) is 8.18. The molecule has 2 heterocycles. The second-order valence-corrected chi connectivity index (χ2v) is 5.39. The van der Waals surface area contributed by atoms with Crippen LogP contribution < -0.4 is 5.32 Å². The predicted molar refractivity (Wildman–Crippen MR) is 51.7 cm³/mol. The van der Waals surface area contributed by atoms with Gasteiger partial charge in [0.15, 0.2) is 0 Å². The molecule has 1 aromatic heterocycles. The summed E-state index contributed by atoms with van der Waals surface area (Å²) < 4.78 is 0. The van der Waals surface area contributed by atoms with Gasteiger partial charge in [0.2, 0.25) is 0 Å². The first-order valence-corrected chi connectivity index (χ1v) is 5.40. The SMILES string of the molecule is Cc1ccc(C23CNCC2C3)s1. The molecule has 1 aliphatic heterocycles. The first kappa shape index (κ1) is 7.10. The van der Waals surface area contributed by atoms with Gasteiger partial charge in [0.05, 0.1) is 0 Å². The number of thiophene rings is 1. The maximum atomic E-state index is 3.48. The molecule has 0 spiro atoms. The first-order chi connectivity index (χ1) is 5.81. The highest BCUT2D eigenvalue weighted by Crippen LogP contribution is 2.57. The van der Waals surface area contributed by atoms with Crippen LogP contribution in [0.25, 0.3) is 0 Å². The Bertz CT molecular complexity index is 317. The molecule has 2 heteroatoms. The van der Waals surface area contributed by atoms with Crippen molar-refractivity contribution in [2.45, 2.75) is 18.8 Å². The van der Waals surface area contributed by atoms with Crippen LogP contribution in [0.2, 0.25) is 0 Å². The molecule has 1 saturated carbocycles. The quantitative estimate of drug-likeness (QED) is 0.694. The molecule has 1 aliphatic carbocycles. The zero-order valence-corrected chi connectivity index (χ0v) is 8.08. The molecular weight excluding hydrogens is 166 g/mol. The van der Waals surface area contributed by atoms with Gasteiger partial charge in [0.25, 0.3) is 0 Å². The Balaban J connectivity index is 1.99. The average molecular weight is 179 g/mol. The molecule has 0 bridgehead atoms. The van der Waals surface area contributed by atoms with Gasteiger partial charge in [-0.3, -0.25) is 0 Å². The number of nitrogens with one attached hydrogen (secondary N) is 1. The highest BCUT2D eigenvalue weighted by molar-refractivity contribution is 7.12. The van der Waals surface area contributed by atoms with E-state index >= 15 is 0 Å². The Kier molecular flexibility index (Phi) is 1.25. The molecule has 1 nitrogen and oxygen atoms in total. The van der Waals surface area contributed by atoms with E-state index in [0.29, 0.717) is 5.41 Å². The molecule has 1 aromatic rings. The summed E-state index contributed by atoms with van der Waals surface area (Å²) in [5.74, 6) is 0.954. The molecule has 12 heavy (non-hydrogen) atoms. The fourth-order valence-corrected chi connectivity index (χ4v) is 3.57. The Morgan fingerprint density at radius 3 is 3.00 bits per heavy atom. The normalized spacial score (nSPS) is 38.2. The van der Waals surface area contributed by atoms with Gasteiger partial charge in [-0.05, 0) is 37.9 Å². The van der Waals surface area contributed by atoms with Crippen LogP contribution in [-0.2, 0) is 5.41 Å². The van der Waals surface area contributed by atoms with Crippen molar-refractivity contribution in [2.24, 2.45) is 5.92 Å². The first-order valence-electron chi connectivity index (χ1n) is 4.59. The molecular formula is C10H13NS. The van der Waals surface area contributed by atoms with Crippen molar-refractivity contribution in [3.63, 3.8) is 0 Å². The number of hydrogen-bond donors (Lipinski definition) is 1. The van der Waals surface area contributed by atoms with Gasteiger partial charge in [-0.15, -0.1) is 11.3 Å². The molecule has 2 aliphatic rings. The van der Waals surface area contributed by atoms with Crippen LogP contribution in [0.3, 0.4) is 0 Å². The third kappa shape index (κ3) is 0.771. The Labute approximate surface area is 76.8 Å². The van der Waals surface area contributed by atoms with Crippen LogP contribution in [0, 0.1) is 12.8 Å². The summed E-state index contributed by atoms with van der Waals surface area (Å²) in [5, 5.41) is 3.48. The number of aryl methyl sites for hydroxylation is 1. The molecule has 3 rings (SSSR count). The Morgan fingerprint density at radius 1 is 1.58 bits per heavy atom. The minimum Gasteiger partial charge on any atom is -0.315 e. The maximum Gasteiger partial charge on any atom is 0.0216 e. The van der Waals surface area contributed by atoms with Gasteiger partial charge in [-0.1, -0.05) is 0 Å². The van der Waals surface area contributed by atoms with Crippen molar-refractivity contribution in [3.8, 4) is 0 Å². The van der Waals surface area contributed by atoms with E-state index < -0.39 is 0 Å². The van der Waals surface area contributed by atoms with E-state index in [9.17, 15) is 0 Å². The van der Waals surface area contributed by atoms with Crippen molar-refractivity contribution in [3.05, 3.63) is 21.9 Å².